The quantitative estimate of drug-likeness (QED) is 0.712. The molecule has 0 spiro atoms. The minimum atomic E-state index is -0.583. The Kier molecular flexibility index (Phi) is 4.93. The number of anilines is 1. The van der Waals surface area contributed by atoms with Crippen molar-refractivity contribution < 1.29 is 9.53 Å². The summed E-state index contributed by atoms with van der Waals surface area (Å²) in [6, 6.07) is 17.3. The molecule has 3 aromatic rings. The zero-order valence-corrected chi connectivity index (χ0v) is 14.8. The highest BCUT2D eigenvalue weighted by Gasteiger charge is 2.22. The van der Waals surface area contributed by atoms with Crippen molar-refractivity contribution in [2.24, 2.45) is 5.73 Å². The fourth-order valence-electron chi connectivity index (χ4n) is 2.73. The Balaban J connectivity index is 1.84. The van der Waals surface area contributed by atoms with Crippen LogP contribution in [-0.2, 0) is 6.61 Å². The standard InChI is InChI=1S/C20H22N4O2/c1-13(2)24-19(21)17(20(22)25)18(23-24)15-10-8-14(9-11-15)12-26-16-6-4-3-5-7-16/h3-11,13H,12,21H2,1-2H3,(H2,22,25). The van der Waals surface area contributed by atoms with Crippen LogP contribution in [0.25, 0.3) is 11.3 Å². The number of hydrogen-bond donors (Lipinski definition) is 2. The number of nitrogen functional groups attached to an aromatic ring is 1. The number of benzene rings is 2. The maximum Gasteiger partial charge on any atom is 0.254 e. The fraction of sp³-hybridized carbons (Fsp3) is 0.200. The Bertz CT molecular complexity index is 900. The predicted octanol–water partition coefficient (Wildman–Crippen LogP) is 3.39. The van der Waals surface area contributed by atoms with Crippen LogP contribution in [0.1, 0.15) is 35.8 Å². The molecule has 134 valence electrons. The monoisotopic (exact) mass is 350 g/mol. The lowest BCUT2D eigenvalue weighted by Gasteiger charge is -2.07. The highest BCUT2D eigenvalue weighted by molar-refractivity contribution is 6.03. The van der Waals surface area contributed by atoms with Crippen LogP contribution >= 0.6 is 0 Å². The van der Waals surface area contributed by atoms with Crippen LogP contribution in [0, 0.1) is 0 Å². The highest BCUT2D eigenvalue weighted by Crippen LogP contribution is 2.29. The summed E-state index contributed by atoms with van der Waals surface area (Å²) < 4.78 is 7.35. The summed E-state index contributed by atoms with van der Waals surface area (Å²) in [4.78, 5) is 11.8. The van der Waals surface area contributed by atoms with Crippen molar-refractivity contribution in [3.05, 3.63) is 65.7 Å². The molecule has 0 aliphatic heterocycles. The minimum Gasteiger partial charge on any atom is -0.489 e. The van der Waals surface area contributed by atoms with Gasteiger partial charge in [-0.3, -0.25) is 4.79 Å². The summed E-state index contributed by atoms with van der Waals surface area (Å²) in [5.41, 5.74) is 14.1. The van der Waals surface area contributed by atoms with Crippen LogP contribution in [0.2, 0.25) is 0 Å². The van der Waals surface area contributed by atoms with Crippen LogP contribution in [0.15, 0.2) is 54.6 Å². The lowest BCUT2D eigenvalue weighted by Crippen LogP contribution is -2.15. The fourth-order valence-corrected chi connectivity index (χ4v) is 2.73. The molecule has 0 aliphatic rings. The SMILES string of the molecule is CC(C)n1nc(-c2ccc(COc3ccccc3)cc2)c(C(N)=O)c1N. The molecular weight excluding hydrogens is 328 g/mol. The average molecular weight is 350 g/mol. The van der Waals surface area contributed by atoms with Crippen LogP contribution in [0.5, 0.6) is 5.75 Å². The number of hydrogen-bond acceptors (Lipinski definition) is 4. The molecule has 3 rings (SSSR count). The molecule has 1 amide bonds. The second kappa shape index (κ2) is 7.31. The molecule has 6 nitrogen and oxygen atoms in total. The van der Waals surface area contributed by atoms with Gasteiger partial charge < -0.3 is 16.2 Å². The van der Waals surface area contributed by atoms with Gasteiger partial charge in [0.05, 0.1) is 0 Å². The molecule has 1 aromatic heterocycles. The Morgan fingerprint density at radius 1 is 1.12 bits per heavy atom. The average Bonchev–Trinajstić information content (AvgIpc) is 2.99. The van der Waals surface area contributed by atoms with Gasteiger partial charge in [0.25, 0.3) is 5.91 Å². The summed E-state index contributed by atoms with van der Waals surface area (Å²) in [5, 5.41) is 4.48. The van der Waals surface area contributed by atoms with Crippen molar-refractivity contribution in [2.45, 2.75) is 26.5 Å². The van der Waals surface area contributed by atoms with E-state index in [1.165, 1.54) is 0 Å². The number of carbonyl (C=O) groups is 1. The molecule has 26 heavy (non-hydrogen) atoms. The first kappa shape index (κ1) is 17.5. The summed E-state index contributed by atoms with van der Waals surface area (Å²) in [6.45, 7) is 4.35. The first-order valence-corrected chi connectivity index (χ1v) is 8.42. The van der Waals surface area contributed by atoms with Gasteiger partial charge in [-0.2, -0.15) is 5.10 Å². The number of amides is 1. The normalized spacial score (nSPS) is 10.9. The van der Waals surface area contributed by atoms with E-state index in [0.29, 0.717) is 18.1 Å². The van der Waals surface area contributed by atoms with Crippen LogP contribution in [0.4, 0.5) is 5.82 Å². The molecule has 0 fully saturated rings. The zero-order valence-electron chi connectivity index (χ0n) is 14.8. The largest absolute Gasteiger partial charge is 0.489 e. The topological polar surface area (TPSA) is 96.2 Å². The zero-order chi connectivity index (χ0) is 18.7. The Morgan fingerprint density at radius 3 is 2.35 bits per heavy atom. The van der Waals surface area contributed by atoms with Crippen molar-refractivity contribution in [1.29, 1.82) is 0 Å². The molecule has 0 saturated carbocycles. The first-order chi connectivity index (χ1) is 12.5. The predicted molar refractivity (Wildman–Crippen MR) is 102 cm³/mol. The molecule has 2 aromatic carbocycles. The molecular formula is C20H22N4O2. The summed E-state index contributed by atoms with van der Waals surface area (Å²) in [5.74, 6) is 0.524. The van der Waals surface area contributed by atoms with E-state index < -0.39 is 5.91 Å². The second-order valence-electron chi connectivity index (χ2n) is 6.31. The van der Waals surface area contributed by atoms with E-state index in [-0.39, 0.29) is 11.6 Å². The number of nitrogens with two attached hydrogens (primary N) is 2. The van der Waals surface area contributed by atoms with Crippen LogP contribution in [0.3, 0.4) is 0 Å². The molecule has 0 bridgehead atoms. The van der Waals surface area contributed by atoms with E-state index >= 15 is 0 Å². The van der Waals surface area contributed by atoms with Gasteiger partial charge in [0, 0.05) is 11.6 Å². The van der Waals surface area contributed by atoms with Crippen molar-refractivity contribution >= 4 is 11.7 Å². The number of aromatic nitrogens is 2. The summed E-state index contributed by atoms with van der Waals surface area (Å²) >= 11 is 0. The van der Waals surface area contributed by atoms with Gasteiger partial charge >= 0.3 is 0 Å². The van der Waals surface area contributed by atoms with E-state index in [9.17, 15) is 4.79 Å². The Labute approximate surface area is 152 Å². The van der Waals surface area contributed by atoms with E-state index in [1.807, 2.05) is 68.4 Å². The van der Waals surface area contributed by atoms with Crippen molar-refractivity contribution in [3.8, 4) is 17.0 Å². The Morgan fingerprint density at radius 2 is 1.77 bits per heavy atom. The number of rotatable bonds is 6. The number of primary amides is 1. The van der Waals surface area contributed by atoms with E-state index in [4.69, 9.17) is 16.2 Å². The van der Waals surface area contributed by atoms with Gasteiger partial charge in [-0.15, -0.1) is 0 Å². The van der Waals surface area contributed by atoms with Gasteiger partial charge in [-0.05, 0) is 31.5 Å². The van der Waals surface area contributed by atoms with Gasteiger partial charge in [0.1, 0.15) is 29.4 Å². The molecule has 0 radical (unpaired) electrons. The van der Waals surface area contributed by atoms with E-state index in [0.717, 1.165) is 16.9 Å². The maximum absolute atomic E-state index is 11.8. The Hall–Kier alpha value is -3.28. The summed E-state index contributed by atoms with van der Waals surface area (Å²) in [7, 11) is 0. The third kappa shape index (κ3) is 3.54. The highest BCUT2D eigenvalue weighted by atomic mass is 16.5. The van der Waals surface area contributed by atoms with Gasteiger partial charge in [0.2, 0.25) is 0 Å². The molecule has 0 atom stereocenters. The minimum absolute atomic E-state index is 0.0281. The smallest absolute Gasteiger partial charge is 0.254 e. The van der Waals surface area contributed by atoms with Gasteiger partial charge in [-0.1, -0.05) is 42.5 Å². The van der Waals surface area contributed by atoms with Crippen LogP contribution < -0.4 is 16.2 Å². The number of carbonyl (C=O) groups excluding carboxylic acids is 1. The molecule has 0 unspecified atom stereocenters. The number of ether oxygens (including phenoxy) is 1. The maximum atomic E-state index is 11.8. The molecule has 4 N–H and O–H groups in total. The molecule has 0 saturated heterocycles. The lowest BCUT2D eigenvalue weighted by molar-refractivity contribution is 0.100. The molecule has 6 heteroatoms. The lowest BCUT2D eigenvalue weighted by atomic mass is 10.1. The molecule has 0 aliphatic carbocycles. The van der Waals surface area contributed by atoms with Crippen LogP contribution in [-0.4, -0.2) is 15.7 Å². The third-order valence-electron chi connectivity index (χ3n) is 4.06. The van der Waals surface area contributed by atoms with Gasteiger partial charge in [0.15, 0.2) is 0 Å². The van der Waals surface area contributed by atoms with Gasteiger partial charge in [-0.25, -0.2) is 4.68 Å². The van der Waals surface area contributed by atoms with Crippen molar-refractivity contribution in [3.63, 3.8) is 0 Å². The first-order valence-electron chi connectivity index (χ1n) is 8.42. The van der Waals surface area contributed by atoms with Crippen molar-refractivity contribution in [1.82, 2.24) is 9.78 Å². The second-order valence-corrected chi connectivity index (χ2v) is 6.31. The number of para-hydroxylation sites is 1. The third-order valence-corrected chi connectivity index (χ3v) is 4.06. The van der Waals surface area contributed by atoms with E-state index in [1.54, 1.807) is 4.68 Å². The molecule has 1 heterocycles. The van der Waals surface area contributed by atoms with E-state index in [2.05, 4.69) is 5.10 Å². The summed E-state index contributed by atoms with van der Waals surface area (Å²) in [6.07, 6.45) is 0. The van der Waals surface area contributed by atoms with Crippen molar-refractivity contribution in [2.75, 3.05) is 5.73 Å². The number of nitrogens with zero attached hydrogens (tertiary/aromatic N) is 2.